The molecule has 0 aromatic heterocycles. The molecule has 0 atom stereocenters. The average molecular weight is 378 g/mol. The molecule has 0 aliphatic rings. The monoisotopic (exact) mass is 378 g/mol. The lowest BCUT2D eigenvalue weighted by Crippen LogP contribution is -2.22. The molecule has 0 radical (unpaired) electrons. The Morgan fingerprint density at radius 1 is 1.04 bits per heavy atom. The van der Waals surface area contributed by atoms with E-state index in [9.17, 15) is 13.2 Å². The van der Waals surface area contributed by atoms with Crippen molar-refractivity contribution in [1.82, 2.24) is 4.31 Å². The summed E-state index contributed by atoms with van der Waals surface area (Å²) in [4.78, 5) is 12.2. The van der Waals surface area contributed by atoms with Gasteiger partial charge in [0.25, 0.3) is 5.91 Å². The van der Waals surface area contributed by atoms with Crippen LogP contribution in [0.25, 0.3) is 0 Å². The van der Waals surface area contributed by atoms with Crippen molar-refractivity contribution in [3.63, 3.8) is 0 Å². The van der Waals surface area contributed by atoms with Crippen LogP contribution in [-0.2, 0) is 14.8 Å². The van der Waals surface area contributed by atoms with Gasteiger partial charge in [0.1, 0.15) is 11.5 Å². The lowest BCUT2D eigenvalue weighted by Gasteiger charge is -2.13. The lowest BCUT2D eigenvalue weighted by atomic mass is 10.3. The van der Waals surface area contributed by atoms with E-state index in [2.05, 4.69) is 5.32 Å². The van der Waals surface area contributed by atoms with Gasteiger partial charge in [0, 0.05) is 14.1 Å². The fourth-order valence-corrected chi connectivity index (χ4v) is 3.01. The molecule has 0 saturated carbocycles. The van der Waals surface area contributed by atoms with Gasteiger partial charge in [0.05, 0.1) is 17.2 Å². The van der Waals surface area contributed by atoms with E-state index in [1.54, 1.807) is 18.2 Å². The van der Waals surface area contributed by atoms with Gasteiger partial charge in [-0.25, -0.2) is 12.7 Å². The zero-order chi connectivity index (χ0) is 19.2. The third-order valence-electron chi connectivity index (χ3n) is 3.43. The standard InChI is InChI=1S/C18H22N2O5S/c1-4-24-17-8-6-5-7-16(17)19-18(21)13-25-14-9-11-15(12-10-14)26(22,23)20(2)3/h5-12H,4,13H2,1-3H3,(H,19,21). The molecule has 0 bridgehead atoms. The van der Waals surface area contributed by atoms with E-state index in [4.69, 9.17) is 9.47 Å². The minimum atomic E-state index is -3.49. The molecule has 26 heavy (non-hydrogen) atoms. The zero-order valence-corrected chi connectivity index (χ0v) is 15.7. The molecule has 2 aromatic carbocycles. The van der Waals surface area contributed by atoms with Crippen molar-refractivity contribution < 1.29 is 22.7 Å². The number of rotatable bonds is 8. The lowest BCUT2D eigenvalue weighted by molar-refractivity contribution is -0.118. The van der Waals surface area contributed by atoms with Crippen molar-refractivity contribution in [3.05, 3.63) is 48.5 Å². The molecule has 2 rings (SSSR count). The molecule has 0 spiro atoms. The Balaban J connectivity index is 1.96. The SMILES string of the molecule is CCOc1ccccc1NC(=O)COc1ccc(S(=O)(=O)N(C)C)cc1. The van der Waals surface area contributed by atoms with Gasteiger partial charge in [-0.1, -0.05) is 12.1 Å². The molecular weight excluding hydrogens is 356 g/mol. The van der Waals surface area contributed by atoms with Gasteiger partial charge >= 0.3 is 0 Å². The Labute approximate surface area is 153 Å². The van der Waals surface area contributed by atoms with Gasteiger partial charge < -0.3 is 14.8 Å². The van der Waals surface area contributed by atoms with E-state index in [0.29, 0.717) is 23.8 Å². The zero-order valence-electron chi connectivity index (χ0n) is 14.9. The van der Waals surface area contributed by atoms with E-state index in [1.807, 2.05) is 13.0 Å². The van der Waals surface area contributed by atoms with Gasteiger partial charge in [-0.2, -0.15) is 0 Å². The molecule has 0 fully saturated rings. The van der Waals surface area contributed by atoms with Crippen LogP contribution >= 0.6 is 0 Å². The van der Waals surface area contributed by atoms with Crippen LogP contribution in [-0.4, -0.2) is 45.9 Å². The quantitative estimate of drug-likeness (QED) is 0.762. The molecule has 1 N–H and O–H groups in total. The number of carbonyl (C=O) groups is 1. The maximum atomic E-state index is 12.1. The second kappa shape index (κ2) is 8.68. The highest BCUT2D eigenvalue weighted by atomic mass is 32.2. The highest BCUT2D eigenvalue weighted by Gasteiger charge is 2.16. The summed E-state index contributed by atoms with van der Waals surface area (Å²) in [5.41, 5.74) is 0.565. The number of ether oxygens (including phenoxy) is 2. The summed E-state index contributed by atoms with van der Waals surface area (Å²) >= 11 is 0. The van der Waals surface area contributed by atoms with Crippen molar-refractivity contribution in [2.24, 2.45) is 0 Å². The summed E-state index contributed by atoms with van der Waals surface area (Å²) in [5.74, 6) is 0.639. The minimum absolute atomic E-state index is 0.157. The van der Waals surface area contributed by atoms with Crippen LogP contribution in [0.1, 0.15) is 6.92 Å². The second-order valence-corrected chi connectivity index (χ2v) is 7.68. The highest BCUT2D eigenvalue weighted by molar-refractivity contribution is 7.89. The first kappa shape index (κ1) is 19.7. The van der Waals surface area contributed by atoms with Crippen molar-refractivity contribution >= 4 is 21.6 Å². The average Bonchev–Trinajstić information content (AvgIpc) is 2.62. The van der Waals surface area contributed by atoms with Crippen LogP contribution in [0.5, 0.6) is 11.5 Å². The number of hydrogen-bond acceptors (Lipinski definition) is 5. The number of nitrogens with one attached hydrogen (secondary N) is 1. The van der Waals surface area contributed by atoms with Gasteiger partial charge in [-0.3, -0.25) is 4.79 Å². The Hall–Kier alpha value is -2.58. The van der Waals surface area contributed by atoms with Crippen LogP contribution < -0.4 is 14.8 Å². The molecule has 0 aliphatic heterocycles. The predicted octanol–water partition coefficient (Wildman–Crippen LogP) is 2.35. The normalized spacial score (nSPS) is 11.2. The summed E-state index contributed by atoms with van der Waals surface area (Å²) in [6, 6.07) is 13.0. The number of nitrogens with zero attached hydrogens (tertiary/aromatic N) is 1. The third-order valence-corrected chi connectivity index (χ3v) is 5.26. The van der Waals surface area contributed by atoms with Crippen LogP contribution in [0.4, 0.5) is 5.69 Å². The van der Waals surface area contributed by atoms with Gasteiger partial charge in [-0.05, 0) is 43.3 Å². The number of sulfonamides is 1. The number of hydrogen-bond donors (Lipinski definition) is 1. The Morgan fingerprint density at radius 3 is 2.31 bits per heavy atom. The van der Waals surface area contributed by atoms with Gasteiger partial charge in [0.15, 0.2) is 6.61 Å². The Kier molecular flexibility index (Phi) is 6.59. The molecule has 2 aromatic rings. The highest BCUT2D eigenvalue weighted by Crippen LogP contribution is 2.23. The number of carbonyl (C=O) groups excluding carboxylic acids is 1. The maximum absolute atomic E-state index is 12.1. The van der Waals surface area contributed by atoms with E-state index >= 15 is 0 Å². The first-order valence-electron chi connectivity index (χ1n) is 8.01. The van der Waals surface area contributed by atoms with Gasteiger partial charge in [0.2, 0.25) is 10.0 Å². The minimum Gasteiger partial charge on any atom is -0.492 e. The molecule has 0 aliphatic carbocycles. The van der Waals surface area contributed by atoms with Crippen LogP contribution in [0.15, 0.2) is 53.4 Å². The summed E-state index contributed by atoms with van der Waals surface area (Å²) in [6.45, 7) is 2.15. The van der Waals surface area contributed by atoms with Crippen LogP contribution in [0, 0.1) is 0 Å². The first-order chi connectivity index (χ1) is 12.3. The Bertz CT molecular complexity index is 848. The smallest absolute Gasteiger partial charge is 0.262 e. The van der Waals surface area contributed by atoms with Crippen molar-refractivity contribution in [2.75, 3.05) is 32.6 Å². The number of anilines is 1. The van der Waals surface area contributed by atoms with E-state index in [0.717, 1.165) is 4.31 Å². The van der Waals surface area contributed by atoms with Crippen molar-refractivity contribution in [1.29, 1.82) is 0 Å². The molecule has 1 amide bonds. The molecule has 7 nitrogen and oxygen atoms in total. The fraction of sp³-hybridized carbons (Fsp3) is 0.278. The first-order valence-corrected chi connectivity index (χ1v) is 9.45. The fourth-order valence-electron chi connectivity index (χ4n) is 2.11. The molecular formula is C18H22N2O5S. The van der Waals surface area contributed by atoms with E-state index < -0.39 is 10.0 Å². The van der Waals surface area contributed by atoms with Crippen LogP contribution in [0.2, 0.25) is 0 Å². The molecule has 0 heterocycles. The van der Waals surface area contributed by atoms with E-state index in [-0.39, 0.29) is 17.4 Å². The van der Waals surface area contributed by atoms with Crippen molar-refractivity contribution in [2.45, 2.75) is 11.8 Å². The molecule has 0 unspecified atom stereocenters. The molecule has 8 heteroatoms. The number of amides is 1. The summed E-state index contributed by atoms with van der Waals surface area (Å²) in [5, 5.41) is 2.72. The van der Waals surface area contributed by atoms with Crippen LogP contribution in [0.3, 0.4) is 0 Å². The third kappa shape index (κ3) is 4.96. The topological polar surface area (TPSA) is 84.9 Å². The summed E-state index contributed by atoms with van der Waals surface area (Å²) in [7, 11) is -0.566. The number of benzene rings is 2. The van der Waals surface area contributed by atoms with Crippen molar-refractivity contribution in [3.8, 4) is 11.5 Å². The summed E-state index contributed by atoms with van der Waals surface area (Å²) in [6.07, 6.45) is 0. The van der Waals surface area contributed by atoms with Gasteiger partial charge in [-0.15, -0.1) is 0 Å². The molecule has 0 saturated heterocycles. The van der Waals surface area contributed by atoms with E-state index in [1.165, 1.54) is 38.4 Å². The molecule has 140 valence electrons. The maximum Gasteiger partial charge on any atom is 0.262 e. The predicted molar refractivity (Wildman–Crippen MR) is 99.1 cm³/mol. The second-order valence-electron chi connectivity index (χ2n) is 5.52. The number of para-hydroxylation sites is 2. The largest absolute Gasteiger partial charge is 0.492 e. The Morgan fingerprint density at radius 2 is 1.69 bits per heavy atom. The summed E-state index contributed by atoms with van der Waals surface area (Å²) < 4.78 is 36.0.